The monoisotopic (exact) mass is 262 g/mol. The summed E-state index contributed by atoms with van der Waals surface area (Å²) >= 11 is 1.41. The van der Waals surface area contributed by atoms with E-state index in [-0.39, 0.29) is 17.2 Å². The Kier molecular flexibility index (Phi) is 2.34. The Balaban J connectivity index is 2.25. The summed E-state index contributed by atoms with van der Waals surface area (Å²) in [6, 6.07) is 4.78. The van der Waals surface area contributed by atoms with Crippen molar-refractivity contribution >= 4 is 27.3 Å². The fourth-order valence-electron chi connectivity index (χ4n) is 1.77. The van der Waals surface area contributed by atoms with Gasteiger partial charge in [0, 0.05) is 15.6 Å². The van der Waals surface area contributed by atoms with Crippen LogP contribution in [0.3, 0.4) is 0 Å². The first kappa shape index (κ1) is 10.8. The predicted molar refractivity (Wildman–Crippen MR) is 65.7 cm³/mol. The lowest BCUT2D eigenvalue weighted by molar-refractivity contribution is 0.0996. The van der Waals surface area contributed by atoms with Gasteiger partial charge in [-0.1, -0.05) is 0 Å². The summed E-state index contributed by atoms with van der Waals surface area (Å²) in [5.74, 6) is -1.06. The maximum atomic E-state index is 13.8. The van der Waals surface area contributed by atoms with E-state index in [1.165, 1.54) is 17.4 Å². The third-order valence-corrected chi connectivity index (χ3v) is 3.44. The molecule has 1 aromatic carbocycles. The molecule has 18 heavy (non-hydrogen) atoms. The normalized spacial score (nSPS) is 10.9. The molecule has 2 aromatic heterocycles. The molecule has 90 valence electrons. The number of primary amides is 1. The van der Waals surface area contributed by atoms with Gasteiger partial charge >= 0.3 is 0 Å². The van der Waals surface area contributed by atoms with Crippen LogP contribution in [0.5, 0.6) is 0 Å². The second-order valence-corrected chi connectivity index (χ2v) is 4.62. The van der Waals surface area contributed by atoms with E-state index in [0.717, 1.165) is 4.70 Å². The van der Waals surface area contributed by atoms with Crippen LogP contribution in [0.25, 0.3) is 21.3 Å². The van der Waals surface area contributed by atoms with Gasteiger partial charge in [-0.25, -0.2) is 4.39 Å². The number of H-pyrrole nitrogens is 1. The number of nitrogens with one attached hydrogen (secondary N) is 1. The van der Waals surface area contributed by atoms with Crippen molar-refractivity contribution in [2.75, 3.05) is 0 Å². The van der Waals surface area contributed by atoms with E-state index in [9.17, 15) is 9.18 Å². The Bertz CT molecular complexity index is 748. The van der Waals surface area contributed by atoms with Gasteiger partial charge in [0.2, 0.25) is 0 Å². The molecule has 0 aliphatic carbocycles. The molecule has 0 bridgehead atoms. The summed E-state index contributed by atoms with van der Waals surface area (Å²) in [6.45, 7) is 0. The lowest BCUT2D eigenvalue weighted by Gasteiger charge is -2.00. The second kappa shape index (κ2) is 3.88. The quantitative estimate of drug-likeness (QED) is 0.740. The molecular weight excluding hydrogens is 255 g/mol. The number of fused-ring (bicyclic) bond motifs is 1. The largest absolute Gasteiger partial charge is 0.364 e. The van der Waals surface area contributed by atoms with E-state index in [0.29, 0.717) is 10.9 Å². The van der Waals surface area contributed by atoms with Gasteiger partial charge in [0.25, 0.3) is 5.91 Å². The van der Waals surface area contributed by atoms with Crippen molar-refractivity contribution in [1.82, 2.24) is 15.4 Å². The number of halogens is 1. The van der Waals surface area contributed by atoms with E-state index >= 15 is 0 Å². The number of nitrogens with two attached hydrogens (primary N) is 1. The highest BCUT2D eigenvalue weighted by atomic mass is 32.1. The smallest absolute Gasteiger partial charge is 0.271 e. The van der Waals surface area contributed by atoms with E-state index < -0.39 is 5.91 Å². The van der Waals surface area contributed by atoms with Gasteiger partial charge in [-0.15, -0.1) is 11.3 Å². The van der Waals surface area contributed by atoms with E-state index in [1.807, 2.05) is 0 Å². The molecule has 0 saturated carbocycles. The van der Waals surface area contributed by atoms with Crippen molar-refractivity contribution in [3.8, 4) is 11.3 Å². The maximum absolute atomic E-state index is 13.8. The number of thiophene rings is 1. The maximum Gasteiger partial charge on any atom is 0.271 e. The second-order valence-electron chi connectivity index (χ2n) is 3.68. The van der Waals surface area contributed by atoms with Crippen LogP contribution in [0.4, 0.5) is 4.39 Å². The number of hydrogen-bond acceptors (Lipinski definition) is 4. The number of rotatable bonds is 2. The molecule has 3 N–H and O–H groups in total. The van der Waals surface area contributed by atoms with Crippen LogP contribution in [-0.4, -0.2) is 21.3 Å². The van der Waals surface area contributed by atoms with Gasteiger partial charge in [0.1, 0.15) is 11.5 Å². The third-order valence-electron chi connectivity index (χ3n) is 2.58. The number of hydrogen-bond donors (Lipinski definition) is 2. The van der Waals surface area contributed by atoms with E-state index in [4.69, 9.17) is 5.73 Å². The lowest BCUT2D eigenvalue weighted by atomic mass is 10.1. The molecule has 0 spiro atoms. The molecule has 0 atom stereocenters. The summed E-state index contributed by atoms with van der Waals surface area (Å²) < 4.78 is 14.6. The molecule has 0 fully saturated rings. The summed E-state index contributed by atoms with van der Waals surface area (Å²) in [7, 11) is 0. The number of carbonyl (C=O) groups is 1. The Morgan fingerprint density at radius 2 is 2.22 bits per heavy atom. The zero-order chi connectivity index (χ0) is 12.7. The Morgan fingerprint density at radius 1 is 1.39 bits per heavy atom. The summed E-state index contributed by atoms with van der Waals surface area (Å²) in [6.07, 6.45) is 0. The van der Waals surface area contributed by atoms with Gasteiger partial charge in [0.15, 0.2) is 5.69 Å². The number of carbonyl (C=O) groups excluding carboxylic acids is 1. The molecule has 0 unspecified atom stereocenters. The fourth-order valence-corrected chi connectivity index (χ4v) is 2.61. The van der Waals surface area contributed by atoms with Gasteiger partial charge in [-0.05, 0) is 23.6 Å². The Morgan fingerprint density at radius 3 is 3.00 bits per heavy atom. The molecule has 5 nitrogen and oxygen atoms in total. The standard InChI is InChI=1S/C11H7FN4OS/c12-7-3-5(4-8-6(7)1-2-18-8)9-10(11(13)17)15-16-14-9/h1-4H,(H2,13,17)(H,14,15,16). The van der Waals surface area contributed by atoms with Crippen molar-refractivity contribution in [3.05, 3.63) is 35.1 Å². The minimum atomic E-state index is -0.703. The molecule has 0 aliphatic heterocycles. The SMILES string of the molecule is NC(=O)c1n[nH]nc1-c1cc(F)c2ccsc2c1. The molecule has 2 heterocycles. The number of nitrogens with zero attached hydrogens (tertiary/aromatic N) is 2. The van der Waals surface area contributed by atoms with Crippen molar-refractivity contribution in [2.24, 2.45) is 5.73 Å². The topological polar surface area (TPSA) is 84.7 Å². The van der Waals surface area contributed by atoms with Crippen LogP contribution >= 0.6 is 11.3 Å². The molecule has 3 aromatic rings. The number of benzene rings is 1. The molecule has 0 radical (unpaired) electrons. The van der Waals surface area contributed by atoms with Gasteiger partial charge in [-0.2, -0.15) is 15.4 Å². The highest BCUT2D eigenvalue weighted by Gasteiger charge is 2.17. The molecule has 3 rings (SSSR count). The summed E-state index contributed by atoms with van der Waals surface area (Å²) in [5.41, 5.74) is 5.92. The minimum Gasteiger partial charge on any atom is -0.364 e. The molecule has 0 saturated heterocycles. The van der Waals surface area contributed by atoms with Crippen LogP contribution < -0.4 is 5.73 Å². The first-order valence-electron chi connectivity index (χ1n) is 5.04. The molecular formula is C11H7FN4OS. The number of aromatic amines is 1. The van der Waals surface area contributed by atoms with Crippen LogP contribution in [0.1, 0.15) is 10.5 Å². The van der Waals surface area contributed by atoms with Crippen molar-refractivity contribution < 1.29 is 9.18 Å². The van der Waals surface area contributed by atoms with Crippen LogP contribution in [0.15, 0.2) is 23.6 Å². The first-order chi connectivity index (χ1) is 8.66. The molecule has 7 heteroatoms. The van der Waals surface area contributed by atoms with Crippen LogP contribution in [-0.2, 0) is 0 Å². The summed E-state index contributed by atoms with van der Waals surface area (Å²) in [5, 5.41) is 12.2. The molecule has 0 aliphatic rings. The zero-order valence-corrected chi connectivity index (χ0v) is 9.79. The lowest BCUT2D eigenvalue weighted by Crippen LogP contribution is -2.12. The van der Waals surface area contributed by atoms with Crippen LogP contribution in [0.2, 0.25) is 0 Å². The average molecular weight is 262 g/mol. The van der Waals surface area contributed by atoms with Crippen LogP contribution in [0, 0.1) is 5.82 Å². The first-order valence-corrected chi connectivity index (χ1v) is 5.92. The molecule has 1 amide bonds. The average Bonchev–Trinajstić information content (AvgIpc) is 2.97. The van der Waals surface area contributed by atoms with E-state index in [2.05, 4.69) is 15.4 Å². The van der Waals surface area contributed by atoms with Gasteiger partial charge < -0.3 is 5.73 Å². The van der Waals surface area contributed by atoms with Crippen molar-refractivity contribution in [1.29, 1.82) is 0 Å². The highest BCUT2D eigenvalue weighted by Crippen LogP contribution is 2.30. The van der Waals surface area contributed by atoms with E-state index in [1.54, 1.807) is 17.5 Å². The highest BCUT2D eigenvalue weighted by molar-refractivity contribution is 7.17. The fraction of sp³-hybridized carbons (Fsp3) is 0. The number of aromatic nitrogens is 3. The minimum absolute atomic E-state index is 0.00491. The van der Waals surface area contributed by atoms with Gasteiger partial charge in [-0.3, -0.25) is 4.79 Å². The van der Waals surface area contributed by atoms with Crippen molar-refractivity contribution in [2.45, 2.75) is 0 Å². The Hall–Kier alpha value is -2.28. The Labute approximate surface area is 104 Å². The van der Waals surface area contributed by atoms with Crippen molar-refractivity contribution in [3.63, 3.8) is 0 Å². The third kappa shape index (κ3) is 1.56. The zero-order valence-electron chi connectivity index (χ0n) is 8.98. The number of amides is 1. The summed E-state index contributed by atoms with van der Waals surface area (Å²) in [4.78, 5) is 11.2. The van der Waals surface area contributed by atoms with Gasteiger partial charge in [0.05, 0.1) is 0 Å². The predicted octanol–water partition coefficient (Wildman–Crippen LogP) is 1.92.